The van der Waals surface area contributed by atoms with Crippen molar-refractivity contribution >= 4 is 0 Å². The Labute approximate surface area is 87.0 Å². The Morgan fingerprint density at radius 1 is 1.27 bits per heavy atom. The monoisotopic (exact) mass is 217 g/mol. The van der Waals surface area contributed by atoms with Gasteiger partial charge in [0.05, 0.1) is 13.7 Å². The van der Waals surface area contributed by atoms with Gasteiger partial charge in [-0.1, -0.05) is 6.07 Å². The number of hydrogen-bond donors (Lipinski definition) is 1. The molecule has 0 heterocycles. The molecule has 0 unspecified atom stereocenters. The second-order valence-corrected chi connectivity index (χ2v) is 2.81. The zero-order valence-corrected chi connectivity index (χ0v) is 8.64. The zero-order chi connectivity index (χ0) is 11.3. The van der Waals surface area contributed by atoms with E-state index in [4.69, 9.17) is 4.74 Å². The van der Waals surface area contributed by atoms with Crippen LogP contribution in [-0.4, -0.2) is 13.7 Å². The van der Waals surface area contributed by atoms with Gasteiger partial charge in [-0.25, -0.2) is 4.39 Å². The molecule has 1 aromatic carbocycles. The van der Waals surface area contributed by atoms with Crippen molar-refractivity contribution in [2.45, 2.75) is 13.5 Å². The fourth-order valence-electron chi connectivity index (χ4n) is 1.13. The minimum absolute atomic E-state index is 0.0730. The summed E-state index contributed by atoms with van der Waals surface area (Å²) in [5, 5.41) is 0. The molecule has 1 aromatic rings. The van der Waals surface area contributed by atoms with Crippen LogP contribution >= 0.6 is 0 Å². The standard InChI is InChI=1S/C10H13F2NO2/c1-3-15-8-5-4-7(6-13-14-2)9(11)10(8)12/h4-5,13H,3,6H2,1-2H3. The highest BCUT2D eigenvalue weighted by Crippen LogP contribution is 2.22. The zero-order valence-electron chi connectivity index (χ0n) is 8.64. The number of benzene rings is 1. The van der Waals surface area contributed by atoms with Crippen LogP contribution in [-0.2, 0) is 11.4 Å². The number of rotatable bonds is 5. The van der Waals surface area contributed by atoms with Crippen LogP contribution in [0.4, 0.5) is 8.78 Å². The second kappa shape index (κ2) is 5.63. The summed E-state index contributed by atoms with van der Waals surface area (Å²) in [6, 6.07) is 2.85. The maximum Gasteiger partial charge on any atom is 0.200 e. The van der Waals surface area contributed by atoms with E-state index in [1.54, 1.807) is 6.92 Å². The van der Waals surface area contributed by atoms with Crippen LogP contribution in [0.25, 0.3) is 0 Å². The molecule has 0 radical (unpaired) electrons. The van der Waals surface area contributed by atoms with E-state index in [0.29, 0.717) is 6.61 Å². The Hall–Kier alpha value is -1.20. The molecule has 1 N–H and O–H groups in total. The number of hydrogen-bond acceptors (Lipinski definition) is 3. The largest absolute Gasteiger partial charge is 0.491 e. The van der Waals surface area contributed by atoms with Crippen molar-refractivity contribution in [3.05, 3.63) is 29.3 Å². The van der Waals surface area contributed by atoms with Gasteiger partial charge in [-0.3, -0.25) is 0 Å². The first-order chi connectivity index (χ1) is 7.20. The van der Waals surface area contributed by atoms with E-state index in [-0.39, 0.29) is 17.9 Å². The van der Waals surface area contributed by atoms with Gasteiger partial charge in [0.2, 0.25) is 5.82 Å². The summed E-state index contributed by atoms with van der Waals surface area (Å²) in [6.07, 6.45) is 0. The highest BCUT2D eigenvalue weighted by Gasteiger charge is 2.13. The highest BCUT2D eigenvalue weighted by molar-refractivity contribution is 5.30. The molecule has 0 aromatic heterocycles. The van der Waals surface area contributed by atoms with Crippen molar-refractivity contribution in [3.8, 4) is 5.75 Å². The summed E-state index contributed by atoms with van der Waals surface area (Å²) in [7, 11) is 1.41. The molecule has 84 valence electrons. The van der Waals surface area contributed by atoms with E-state index in [0.717, 1.165) is 0 Å². The van der Waals surface area contributed by atoms with Crippen LogP contribution in [0.5, 0.6) is 5.75 Å². The number of nitrogens with one attached hydrogen (secondary N) is 1. The summed E-state index contributed by atoms with van der Waals surface area (Å²) in [5.41, 5.74) is 2.63. The maximum absolute atomic E-state index is 13.4. The molecule has 5 heteroatoms. The molecular formula is C10H13F2NO2. The Balaban J connectivity index is 2.88. The minimum Gasteiger partial charge on any atom is -0.491 e. The Morgan fingerprint density at radius 2 is 2.00 bits per heavy atom. The first kappa shape index (κ1) is 11.9. The molecule has 3 nitrogen and oxygen atoms in total. The lowest BCUT2D eigenvalue weighted by atomic mass is 10.2. The number of ether oxygens (including phenoxy) is 1. The lowest BCUT2D eigenvalue weighted by molar-refractivity contribution is 0.0857. The summed E-state index contributed by atoms with van der Waals surface area (Å²) >= 11 is 0. The normalized spacial score (nSPS) is 10.4. The molecule has 0 saturated heterocycles. The smallest absolute Gasteiger partial charge is 0.200 e. The Kier molecular flexibility index (Phi) is 4.45. The van der Waals surface area contributed by atoms with E-state index >= 15 is 0 Å². The average molecular weight is 217 g/mol. The summed E-state index contributed by atoms with van der Waals surface area (Å²) in [5.74, 6) is -1.95. The molecule has 0 spiro atoms. The molecule has 0 aliphatic heterocycles. The van der Waals surface area contributed by atoms with Crippen molar-refractivity contribution in [3.63, 3.8) is 0 Å². The quantitative estimate of drug-likeness (QED) is 0.765. The van der Waals surface area contributed by atoms with Crippen LogP contribution in [0.1, 0.15) is 12.5 Å². The molecule has 0 aliphatic carbocycles. The van der Waals surface area contributed by atoms with Gasteiger partial charge in [0.1, 0.15) is 0 Å². The van der Waals surface area contributed by atoms with Crippen LogP contribution in [0.3, 0.4) is 0 Å². The van der Waals surface area contributed by atoms with Gasteiger partial charge in [-0.05, 0) is 13.0 Å². The topological polar surface area (TPSA) is 30.5 Å². The van der Waals surface area contributed by atoms with Crippen molar-refractivity contribution in [1.82, 2.24) is 5.48 Å². The molecule has 0 bridgehead atoms. The van der Waals surface area contributed by atoms with Crippen molar-refractivity contribution < 1.29 is 18.4 Å². The van der Waals surface area contributed by atoms with Gasteiger partial charge in [0.15, 0.2) is 11.6 Å². The average Bonchev–Trinajstić information content (AvgIpc) is 2.24. The van der Waals surface area contributed by atoms with Crippen molar-refractivity contribution in [2.24, 2.45) is 0 Å². The van der Waals surface area contributed by atoms with Crippen LogP contribution in [0.2, 0.25) is 0 Å². The number of halogens is 2. The van der Waals surface area contributed by atoms with E-state index in [1.165, 1.54) is 19.2 Å². The molecular weight excluding hydrogens is 204 g/mol. The summed E-state index contributed by atoms with van der Waals surface area (Å²) in [4.78, 5) is 4.55. The first-order valence-electron chi connectivity index (χ1n) is 4.56. The summed E-state index contributed by atoms with van der Waals surface area (Å²) < 4.78 is 31.6. The Bertz CT molecular complexity index is 331. The van der Waals surface area contributed by atoms with E-state index in [2.05, 4.69) is 10.3 Å². The molecule has 0 saturated carbocycles. The van der Waals surface area contributed by atoms with Crippen LogP contribution in [0.15, 0.2) is 12.1 Å². The first-order valence-corrected chi connectivity index (χ1v) is 4.56. The lowest BCUT2D eigenvalue weighted by Crippen LogP contribution is -2.13. The number of hydroxylamine groups is 1. The third-order valence-corrected chi connectivity index (χ3v) is 1.83. The van der Waals surface area contributed by atoms with Crippen molar-refractivity contribution in [2.75, 3.05) is 13.7 Å². The van der Waals surface area contributed by atoms with Gasteiger partial charge in [-0.2, -0.15) is 9.87 Å². The van der Waals surface area contributed by atoms with Crippen LogP contribution < -0.4 is 10.2 Å². The molecule has 15 heavy (non-hydrogen) atoms. The lowest BCUT2D eigenvalue weighted by Gasteiger charge is -2.08. The molecule has 0 amide bonds. The van der Waals surface area contributed by atoms with Gasteiger partial charge in [-0.15, -0.1) is 0 Å². The third-order valence-electron chi connectivity index (χ3n) is 1.83. The van der Waals surface area contributed by atoms with E-state index in [1.807, 2.05) is 0 Å². The SMILES string of the molecule is CCOc1ccc(CNOC)c(F)c1F. The molecule has 1 rings (SSSR count). The van der Waals surface area contributed by atoms with Crippen LogP contribution in [0, 0.1) is 11.6 Å². The van der Waals surface area contributed by atoms with Gasteiger partial charge >= 0.3 is 0 Å². The third kappa shape index (κ3) is 2.87. The molecule has 0 atom stereocenters. The predicted molar refractivity (Wildman–Crippen MR) is 51.4 cm³/mol. The fourth-order valence-corrected chi connectivity index (χ4v) is 1.13. The minimum atomic E-state index is -0.966. The summed E-state index contributed by atoms with van der Waals surface area (Å²) in [6.45, 7) is 2.11. The Morgan fingerprint density at radius 3 is 2.60 bits per heavy atom. The van der Waals surface area contributed by atoms with Gasteiger partial charge in [0.25, 0.3) is 0 Å². The van der Waals surface area contributed by atoms with Gasteiger partial charge in [0, 0.05) is 12.1 Å². The maximum atomic E-state index is 13.4. The highest BCUT2D eigenvalue weighted by atomic mass is 19.2. The van der Waals surface area contributed by atoms with E-state index < -0.39 is 11.6 Å². The van der Waals surface area contributed by atoms with Crippen molar-refractivity contribution in [1.29, 1.82) is 0 Å². The fraction of sp³-hybridized carbons (Fsp3) is 0.400. The molecule has 0 fully saturated rings. The second-order valence-electron chi connectivity index (χ2n) is 2.81. The van der Waals surface area contributed by atoms with Gasteiger partial charge < -0.3 is 9.57 Å². The van der Waals surface area contributed by atoms with E-state index in [9.17, 15) is 8.78 Å². The molecule has 0 aliphatic rings. The predicted octanol–water partition coefficient (Wildman–Crippen LogP) is 2.01.